The zero-order valence-corrected chi connectivity index (χ0v) is 12.4. The van der Waals surface area contributed by atoms with Crippen LogP contribution in [-0.4, -0.2) is 23.5 Å². The molecular weight excluding hydrogens is 304 g/mol. The van der Waals surface area contributed by atoms with Crippen LogP contribution in [0.1, 0.15) is 11.6 Å². The molecule has 3 N–H and O–H groups in total. The van der Waals surface area contributed by atoms with Crippen molar-refractivity contribution in [3.05, 3.63) is 65.2 Å². The summed E-state index contributed by atoms with van der Waals surface area (Å²) in [6.07, 6.45) is 0. The summed E-state index contributed by atoms with van der Waals surface area (Å²) >= 11 is 5.75. The van der Waals surface area contributed by atoms with Gasteiger partial charge < -0.3 is 15.7 Å². The Bertz CT molecular complexity index is 644. The SMILES string of the molecule is O=C(Nc1ccc(Cl)cc1)C(=O)N[C@H](CO)c1ccccc1. The third-order valence-corrected chi connectivity index (χ3v) is 3.25. The van der Waals surface area contributed by atoms with Crippen molar-refractivity contribution >= 4 is 29.1 Å². The van der Waals surface area contributed by atoms with E-state index < -0.39 is 17.9 Å². The summed E-state index contributed by atoms with van der Waals surface area (Å²) in [6, 6.07) is 14.7. The van der Waals surface area contributed by atoms with E-state index in [9.17, 15) is 14.7 Å². The molecule has 2 aromatic carbocycles. The molecule has 2 amide bonds. The van der Waals surface area contributed by atoms with Crippen LogP contribution in [-0.2, 0) is 9.59 Å². The predicted molar refractivity (Wildman–Crippen MR) is 84.5 cm³/mol. The minimum Gasteiger partial charge on any atom is -0.394 e. The van der Waals surface area contributed by atoms with Crippen molar-refractivity contribution in [2.45, 2.75) is 6.04 Å². The zero-order chi connectivity index (χ0) is 15.9. The maximum Gasteiger partial charge on any atom is 0.313 e. The number of anilines is 1. The molecule has 0 spiro atoms. The van der Waals surface area contributed by atoms with E-state index in [0.717, 1.165) is 5.56 Å². The second-order valence-corrected chi connectivity index (χ2v) is 5.02. The van der Waals surface area contributed by atoms with Crippen molar-refractivity contribution < 1.29 is 14.7 Å². The summed E-state index contributed by atoms with van der Waals surface area (Å²) in [6.45, 7) is -0.302. The molecule has 0 aliphatic heterocycles. The smallest absolute Gasteiger partial charge is 0.313 e. The Morgan fingerprint density at radius 1 is 1.00 bits per heavy atom. The Hall–Kier alpha value is -2.37. The minimum atomic E-state index is -0.821. The van der Waals surface area contributed by atoms with E-state index in [4.69, 9.17) is 11.6 Å². The van der Waals surface area contributed by atoms with Gasteiger partial charge >= 0.3 is 11.8 Å². The molecule has 0 heterocycles. The number of carbonyl (C=O) groups is 2. The fraction of sp³-hybridized carbons (Fsp3) is 0.125. The molecular formula is C16H15ClN2O3. The first-order valence-corrected chi connectivity index (χ1v) is 7.01. The second-order valence-electron chi connectivity index (χ2n) is 4.58. The van der Waals surface area contributed by atoms with Crippen molar-refractivity contribution in [3.63, 3.8) is 0 Å². The maximum atomic E-state index is 11.9. The molecule has 1 atom stereocenters. The Balaban J connectivity index is 1.98. The lowest BCUT2D eigenvalue weighted by Gasteiger charge is -2.16. The summed E-state index contributed by atoms with van der Waals surface area (Å²) in [5.41, 5.74) is 1.18. The van der Waals surface area contributed by atoms with E-state index >= 15 is 0 Å². The highest BCUT2D eigenvalue weighted by atomic mass is 35.5. The van der Waals surface area contributed by atoms with E-state index in [0.29, 0.717) is 10.7 Å². The lowest BCUT2D eigenvalue weighted by atomic mass is 10.1. The lowest BCUT2D eigenvalue weighted by molar-refractivity contribution is -0.136. The molecule has 0 aliphatic rings. The van der Waals surface area contributed by atoms with E-state index in [1.807, 2.05) is 6.07 Å². The Morgan fingerprint density at radius 3 is 2.23 bits per heavy atom. The van der Waals surface area contributed by atoms with Gasteiger partial charge in [0.15, 0.2) is 0 Å². The molecule has 114 valence electrons. The van der Waals surface area contributed by atoms with Gasteiger partial charge in [0.05, 0.1) is 12.6 Å². The van der Waals surface area contributed by atoms with Gasteiger partial charge in [-0.05, 0) is 29.8 Å². The molecule has 0 saturated heterocycles. The van der Waals surface area contributed by atoms with Gasteiger partial charge in [-0.25, -0.2) is 0 Å². The van der Waals surface area contributed by atoms with Crippen molar-refractivity contribution in [3.8, 4) is 0 Å². The van der Waals surface area contributed by atoms with Crippen LogP contribution < -0.4 is 10.6 Å². The van der Waals surface area contributed by atoms with Gasteiger partial charge in [0, 0.05) is 10.7 Å². The molecule has 0 unspecified atom stereocenters. The second kappa shape index (κ2) is 7.59. The van der Waals surface area contributed by atoms with Crippen molar-refractivity contribution in [1.29, 1.82) is 0 Å². The number of carbonyl (C=O) groups excluding carboxylic acids is 2. The fourth-order valence-corrected chi connectivity index (χ4v) is 1.99. The maximum absolute atomic E-state index is 11.9. The fourth-order valence-electron chi connectivity index (χ4n) is 1.86. The van der Waals surface area contributed by atoms with Crippen molar-refractivity contribution in [1.82, 2.24) is 5.32 Å². The van der Waals surface area contributed by atoms with Crippen LogP contribution in [0, 0.1) is 0 Å². The summed E-state index contributed by atoms with van der Waals surface area (Å²) in [5, 5.41) is 14.8. The number of amides is 2. The van der Waals surface area contributed by atoms with Crippen molar-refractivity contribution in [2.75, 3.05) is 11.9 Å². The van der Waals surface area contributed by atoms with Crippen LogP contribution in [0.4, 0.5) is 5.69 Å². The van der Waals surface area contributed by atoms with Crippen LogP contribution >= 0.6 is 11.6 Å². The largest absolute Gasteiger partial charge is 0.394 e. The number of halogens is 1. The Labute approximate surface area is 132 Å². The van der Waals surface area contributed by atoms with Gasteiger partial charge in [0.2, 0.25) is 0 Å². The number of nitrogens with one attached hydrogen (secondary N) is 2. The molecule has 0 aromatic heterocycles. The summed E-state index contributed by atoms with van der Waals surface area (Å²) in [7, 11) is 0. The van der Waals surface area contributed by atoms with Gasteiger partial charge in [0.1, 0.15) is 0 Å². The zero-order valence-electron chi connectivity index (χ0n) is 11.6. The molecule has 22 heavy (non-hydrogen) atoms. The summed E-state index contributed by atoms with van der Waals surface area (Å²) < 4.78 is 0. The van der Waals surface area contributed by atoms with Crippen LogP contribution in [0.25, 0.3) is 0 Å². The van der Waals surface area contributed by atoms with E-state index in [1.54, 1.807) is 48.5 Å². The number of aliphatic hydroxyl groups excluding tert-OH is 1. The predicted octanol–water partition coefficient (Wildman–Crippen LogP) is 2.13. The molecule has 0 radical (unpaired) electrons. The van der Waals surface area contributed by atoms with Crippen LogP contribution in [0.2, 0.25) is 5.02 Å². The highest BCUT2D eigenvalue weighted by Gasteiger charge is 2.19. The first-order chi connectivity index (χ1) is 10.6. The Morgan fingerprint density at radius 2 is 1.64 bits per heavy atom. The minimum absolute atomic E-state index is 0.302. The van der Waals surface area contributed by atoms with Gasteiger partial charge in [-0.2, -0.15) is 0 Å². The van der Waals surface area contributed by atoms with Crippen molar-refractivity contribution in [2.24, 2.45) is 0 Å². The van der Waals surface area contributed by atoms with Gasteiger partial charge in [-0.3, -0.25) is 9.59 Å². The van der Waals surface area contributed by atoms with Crippen LogP contribution in [0.15, 0.2) is 54.6 Å². The average Bonchev–Trinajstić information content (AvgIpc) is 2.55. The first kappa shape index (κ1) is 16.0. The third kappa shape index (κ3) is 4.31. The molecule has 6 heteroatoms. The molecule has 5 nitrogen and oxygen atoms in total. The average molecular weight is 319 g/mol. The number of aliphatic hydroxyl groups is 1. The molecule has 0 fully saturated rings. The standard InChI is InChI=1S/C16H15ClN2O3/c17-12-6-8-13(9-7-12)18-15(21)16(22)19-14(10-20)11-4-2-1-3-5-11/h1-9,14,20H,10H2,(H,18,21)(H,19,22)/t14-/m1/s1. The van der Waals surface area contributed by atoms with Gasteiger partial charge in [-0.15, -0.1) is 0 Å². The number of hydrogen-bond donors (Lipinski definition) is 3. The quantitative estimate of drug-likeness (QED) is 0.756. The van der Waals surface area contributed by atoms with E-state index in [-0.39, 0.29) is 6.61 Å². The number of rotatable bonds is 4. The highest BCUT2D eigenvalue weighted by molar-refractivity contribution is 6.39. The number of benzene rings is 2. The Kier molecular flexibility index (Phi) is 5.52. The highest BCUT2D eigenvalue weighted by Crippen LogP contribution is 2.14. The molecule has 0 aliphatic carbocycles. The monoisotopic (exact) mass is 318 g/mol. The van der Waals surface area contributed by atoms with Crippen LogP contribution in [0.3, 0.4) is 0 Å². The molecule has 2 aromatic rings. The van der Waals surface area contributed by atoms with Crippen LogP contribution in [0.5, 0.6) is 0 Å². The lowest BCUT2D eigenvalue weighted by Crippen LogP contribution is -2.39. The molecule has 0 saturated carbocycles. The first-order valence-electron chi connectivity index (χ1n) is 6.63. The van der Waals surface area contributed by atoms with Gasteiger partial charge in [0.25, 0.3) is 0 Å². The van der Waals surface area contributed by atoms with Gasteiger partial charge in [-0.1, -0.05) is 41.9 Å². The summed E-state index contributed by atoms with van der Waals surface area (Å²) in [4.78, 5) is 23.7. The third-order valence-electron chi connectivity index (χ3n) is 3.00. The normalized spacial score (nSPS) is 11.5. The topological polar surface area (TPSA) is 78.4 Å². The number of hydrogen-bond acceptors (Lipinski definition) is 3. The summed E-state index contributed by atoms with van der Waals surface area (Å²) in [5.74, 6) is -1.63. The van der Waals surface area contributed by atoms with E-state index in [1.165, 1.54) is 0 Å². The van der Waals surface area contributed by atoms with E-state index in [2.05, 4.69) is 10.6 Å². The molecule has 0 bridgehead atoms. The molecule has 2 rings (SSSR count).